The third kappa shape index (κ3) is 6.21. The van der Waals surface area contributed by atoms with Gasteiger partial charge in [0.1, 0.15) is 5.82 Å². The maximum absolute atomic E-state index is 13.0. The van der Waals surface area contributed by atoms with Crippen LogP contribution in [0.1, 0.15) is 38.1 Å². The third-order valence-electron chi connectivity index (χ3n) is 4.67. The molecule has 0 aliphatic carbocycles. The van der Waals surface area contributed by atoms with Crippen LogP contribution < -0.4 is 10.6 Å². The minimum absolute atomic E-state index is 0.0827. The monoisotopic (exact) mass is 424 g/mol. The maximum Gasteiger partial charge on any atom is 0.226 e. The minimum Gasteiger partial charge on any atom is -0.339 e. The van der Waals surface area contributed by atoms with Gasteiger partial charge >= 0.3 is 0 Å². The molecule has 0 bridgehead atoms. The van der Waals surface area contributed by atoms with Gasteiger partial charge in [0.25, 0.3) is 0 Å². The molecule has 2 amide bonds. The zero-order valence-corrected chi connectivity index (χ0v) is 17.7. The van der Waals surface area contributed by atoms with Crippen LogP contribution in [0, 0.1) is 18.7 Å². The highest BCUT2D eigenvalue weighted by molar-refractivity contribution is 5.95. The first-order valence-corrected chi connectivity index (χ1v) is 10.1. The Kier molecular flexibility index (Phi) is 7.12. The summed E-state index contributed by atoms with van der Waals surface area (Å²) in [5.74, 6) is 0.112. The van der Waals surface area contributed by atoms with Gasteiger partial charge in [0, 0.05) is 35.7 Å². The fourth-order valence-corrected chi connectivity index (χ4v) is 2.81. The highest BCUT2D eigenvalue weighted by atomic mass is 19.1. The highest BCUT2D eigenvalue weighted by Crippen LogP contribution is 2.22. The van der Waals surface area contributed by atoms with Gasteiger partial charge < -0.3 is 15.2 Å². The number of carbonyl (C=O) groups excluding carboxylic acids is 2. The lowest BCUT2D eigenvalue weighted by atomic mass is 10.1. The summed E-state index contributed by atoms with van der Waals surface area (Å²) in [7, 11) is 0. The molecule has 0 saturated heterocycles. The normalized spacial score (nSPS) is 10.9. The molecule has 0 spiro atoms. The van der Waals surface area contributed by atoms with Crippen LogP contribution in [0.5, 0.6) is 0 Å². The lowest BCUT2D eigenvalue weighted by Gasteiger charge is -2.12. The fraction of sp³-hybridized carbons (Fsp3) is 0.304. The zero-order valence-electron chi connectivity index (χ0n) is 17.7. The Morgan fingerprint density at radius 2 is 1.84 bits per heavy atom. The first kappa shape index (κ1) is 22.1. The SMILES string of the molecule is Cc1ccc(NC(=O)C(C)C)cc1NC(=O)CCCc1nc(-c2ccc(F)cc2)no1. The topological polar surface area (TPSA) is 97.1 Å². The fourth-order valence-electron chi connectivity index (χ4n) is 2.81. The van der Waals surface area contributed by atoms with Gasteiger partial charge in [-0.1, -0.05) is 25.1 Å². The molecule has 3 rings (SSSR count). The Hall–Kier alpha value is -3.55. The van der Waals surface area contributed by atoms with Crippen molar-refractivity contribution >= 4 is 23.2 Å². The minimum atomic E-state index is -0.332. The number of nitrogens with one attached hydrogen (secondary N) is 2. The predicted octanol–water partition coefficient (Wildman–Crippen LogP) is 4.74. The van der Waals surface area contributed by atoms with Gasteiger partial charge in [-0.25, -0.2) is 4.39 Å². The maximum atomic E-state index is 13.0. The summed E-state index contributed by atoms with van der Waals surface area (Å²) in [6, 6.07) is 11.2. The lowest BCUT2D eigenvalue weighted by Crippen LogP contribution is -2.18. The highest BCUT2D eigenvalue weighted by Gasteiger charge is 2.12. The van der Waals surface area contributed by atoms with Crippen LogP contribution in [0.25, 0.3) is 11.4 Å². The van der Waals surface area contributed by atoms with Crippen LogP contribution in [0.2, 0.25) is 0 Å². The molecule has 2 N–H and O–H groups in total. The first-order chi connectivity index (χ1) is 14.8. The van der Waals surface area contributed by atoms with Crippen molar-refractivity contribution in [3.8, 4) is 11.4 Å². The molecule has 0 atom stereocenters. The van der Waals surface area contributed by atoms with Crippen molar-refractivity contribution < 1.29 is 18.5 Å². The van der Waals surface area contributed by atoms with E-state index in [-0.39, 0.29) is 30.0 Å². The second kappa shape index (κ2) is 9.97. The molecule has 8 heteroatoms. The number of aromatic nitrogens is 2. The number of nitrogens with zero attached hydrogens (tertiary/aromatic N) is 2. The average Bonchev–Trinajstić information content (AvgIpc) is 3.20. The first-order valence-electron chi connectivity index (χ1n) is 10.1. The van der Waals surface area contributed by atoms with E-state index in [1.165, 1.54) is 12.1 Å². The molecule has 162 valence electrons. The van der Waals surface area contributed by atoms with Gasteiger partial charge in [-0.15, -0.1) is 0 Å². The zero-order chi connectivity index (χ0) is 22.4. The van der Waals surface area contributed by atoms with Gasteiger partial charge in [0.15, 0.2) is 0 Å². The lowest BCUT2D eigenvalue weighted by molar-refractivity contribution is -0.119. The molecule has 0 radical (unpaired) electrons. The number of carbonyl (C=O) groups is 2. The van der Waals surface area contributed by atoms with Crippen molar-refractivity contribution in [2.45, 2.75) is 40.0 Å². The molecule has 1 aromatic heterocycles. The summed E-state index contributed by atoms with van der Waals surface area (Å²) >= 11 is 0. The number of benzene rings is 2. The molecule has 0 aliphatic heterocycles. The predicted molar refractivity (Wildman–Crippen MR) is 116 cm³/mol. The molecule has 7 nitrogen and oxygen atoms in total. The third-order valence-corrected chi connectivity index (χ3v) is 4.67. The quantitative estimate of drug-likeness (QED) is 0.544. The number of rotatable bonds is 8. The Morgan fingerprint density at radius 1 is 1.10 bits per heavy atom. The van der Waals surface area contributed by atoms with Crippen molar-refractivity contribution in [2.75, 3.05) is 10.6 Å². The van der Waals surface area contributed by atoms with E-state index in [0.29, 0.717) is 41.5 Å². The number of hydrogen-bond donors (Lipinski definition) is 2. The van der Waals surface area contributed by atoms with Crippen molar-refractivity contribution in [3.05, 3.63) is 59.7 Å². The van der Waals surface area contributed by atoms with Crippen LogP contribution >= 0.6 is 0 Å². The summed E-state index contributed by atoms with van der Waals surface area (Å²) in [5.41, 5.74) is 2.85. The van der Waals surface area contributed by atoms with Gasteiger partial charge in [0.05, 0.1) is 0 Å². The molecule has 3 aromatic rings. The molecular formula is C23H25FN4O3. The van der Waals surface area contributed by atoms with Crippen molar-refractivity contribution in [1.82, 2.24) is 10.1 Å². The number of anilines is 2. The van der Waals surface area contributed by atoms with Gasteiger partial charge in [-0.3, -0.25) is 9.59 Å². The number of halogens is 1. The molecular weight excluding hydrogens is 399 g/mol. The number of amides is 2. The van der Waals surface area contributed by atoms with Crippen LogP contribution in [0.15, 0.2) is 47.0 Å². The molecule has 0 aliphatic rings. The van der Waals surface area contributed by atoms with Crippen molar-refractivity contribution in [3.63, 3.8) is 0 Å². The number of aryl methyl sites for hydroxylation is 2. The van der Waals surface area contributed by atoms with Crippen LogP contribution in [0.3, 0.4) is 0 Å². The summed E-state index contributed by atoms with van der Waals surface area (Å²) in [5, 5.41) is 9.61. The van der Waals surface area contributed by atoms with E-state index < -0.39 is 0 Å². The van der Waals surface area contributed by atoms with E-state index in [1.807, 2.05) is 26.8 Å². The molecule has 2 aromatic carbocycles. The second-order valence-electron chi connectivity index (χ2n) is 7.59. The summed E-state index contributed by atoms with van der Waals surface area (Å²) < 4.78 is 18.2. The molecule has 0 fully saturated rings. The Morgan fingerprint density at radius 3 is 2.55 bits per heavy atom. The summed E-state index contributed by atoms with van der Waals surface area (Å²) in [6.45, 7) is 5.52. The van der Waals surface area contributed by atoms with Crippen molar-refractivity contribution in [2.24, 2.45) is 5.92 Å². The van der Waals surface area contributed by atoms with E-state index in [2.05, 4.69) is 20.8 Å². The van der Waals surface area contributed by atoms with E-state index in [4.69, 9.17) is 4.52 Å². The average molecular weight is 424 g/mol. The van der Waals surface area contributed by atoms with E-state index in [1.54, 1.807) is 24.3 Å². The summed E-state index contributed by atoms with van der Waals surface area (Å²) in [4.78, 5) is 28.5. The standard InChI is InChI=1S/C23H25FN4O3/c1-14(2)23(30)25-18-12-7-15(3)19(13-18)26-20(29)5-4-6-21-27-22(28-31-21)16-8-10-17(24)11-9-16/h7-14H,4-6H2,1-3H3,(H,25,30)(H,26,29). The smallest absolute Gasteiger partial charge is 0.226 e. The van der Waals surface area contributed by atoms with Crippen molar-refractivity contribution in [1.29, 1.82) is 0 Å². The van der Waals surface area contributed by atoms with Gasteiger partial charge in [-0.2, -0.15) is 4.98 Å². The van der Waals surface area contributed by atoms with E-state index >= 15 is 0 Å². The van der Waals surface area contributed by atoms with Gasteiger partial charge in [0.2, 0.25) is 23.5 Å². The Bertz CT molecular complexity index is 1060. The molecule has 0 unspecified atom stereocenters. The molecule has 31 heavy (non-hydrogen) atoms. The molecule has 0 saturated carbocycles. The summed E-state index contributed by atoms with van der Waals surface area (Å²) in [6.07, 6.45) is 1.25. The Labute approximate surface area is 180 Å². The van der Waals surface area contributed by atoms with Crippen LogP contribution in [0.4, 0.5) is 15.8 Å². The Balaban J connectivity index is 1.51. The van der Waals surface area contributed by atoms with E-state index in [9.17, 15) is 14.0 Å². The van der Waals surface area contributed by atoms with Gasteiger partial charge in [-0.05, 0) is 55.3 Å². The molecule has 1 heterocycles. The van der Waals surface area contributed by atoms with Crippen LogP contribution in [-0.4, -0.2) is 22.0 Å². The number of hydrogen-bond acceptors (Lipinski definition) is 5. The second-order valence-corrected chi connectivity index (χ2v) is 7.59. The van der Waals surface area contributed by atoms with E-state index in [0.717, 1.165) is 5.56 Å². The van der Waals surface area contributed by atoms with Crippen LogP contribution in [-0.2, 0) is 16.0 Å². The largest absolute Gasteiger partial charge is 0.339 e.